The summed E-state index contributed by atoms with van der Waals surface area (Å²) in [6, 6.07) is 24.9. The molecule has 0 aromatic heterocycles. The zero-order valence-electron chi connectivity index (χ0n) is 24.1. The second-order valence-corrected chi connectivity index (χ2v) is 12.5. The van der Waals surface area contributed by atoms with Gasteiger partial charge in [-0.25, -0.2) is 12.8 Å². The van der Waals surface area contributed by atoms with Crippen molar-refractivity contribution < 1.29 is 22.4 Å². The predicted octanol–water partition coefficient (Wildman–Crippen LogP) is 5.68. The molecule has 224 valence electrons. The van der Waals surface area contributed by atoms with Gasteiger partial charge in [0.25, 0.3) is 10.0 Å². The SMILES string of the molecule is CNC(=O)[C@H](Cc1ccccc1)N(Cc1ccc(F)cc1)C(=O)CN(c1ccc(Cl)cc1C)S(=O)(=O)c1ccc(C)cc1. The molecule has 2 amide bonds. The Morgan fingerprint density at radius 2 is 1.53 bits per heavy atom. The number of amides is 2. The number of carbonyl (C=O) groups is 2. The van der Waals surface area contributed by atoms with E-state index in [4.69, 9.17) is 11.6 Å². The van der Waals surface area contributed by atoms with Gasteiger partial charge in [0.05, 0.1) is 10.6 Å². The van der Waals surface area contributed by atoms with E-state index in [1.807, 2.05) is 37.3 Å². The summed E-state index contributed by atoms with van der Waals surface area (Å²) in [6.45, 7) is 2.91. The van der Waals surface area contributed by atoms with Crippen molar-refractivity contribution in [2.75, 3.05) is 17.9 Å². The molecule has 43 heavy (non-hydrogen) atoms. The molecular weight excluding hydrogens is 589 g/mol. The number of aryl methyl sites for hydroxylation is 2. The Morgan fingerprint density at radius 1 is 0.884 bits per heavy atom. The van der Waals surface area contributed by atoms with E-state index in [9.17, 15) is 22.4 Å². The summed E-state index contributed by atoms with van der Waals surface area (Å²) in [4.78, 5) is 29.0. The van der Waals surface area contributed by atoms with E-state index < -0.39 is 40.2 Å². The van der Waals surface area contributed by atoms with Crippen molar-refractivity contribution >= 4 is 39.1 Å². The Hall–Kier alpha value is -4.21. The molecule has 0 saturated heterocycles. The van der Waals surface area contributed by atoms with Crippen LogP contribution in [0.25, 0.3) is 0 Å². The molecule has 0 unspecified atom stereocenters. The number of likely N-dealkylation sites (N-methyl/N-ethyl adjacent to an activating group) is 1. The molecule has 0 aliphatic heterocycles. The number of hydrogen-bond acceptors (Lipinski definition) is 4. The molecule has 10 heteroatoms. The monoisotopic (exact) mass is 621 g/mol. The summed E-state index contributed by atoms with van der Waals surface area (Å²) in [5.74, 6) is -1.48. The quantitative estimate of drug-likeness (QED) is 0.234. The van der Waals surface area contributed by atoms with Crippen LogP contribution in [0.15, 0.2) is 102 Å². The lowest BCUT2D eigenvalue weighted by molar-refractivity contribution is -0.139. The molecule has 4 rings (SSSR count). The molecule has 0 heterocycles. The summed E-state index contributed by atoms with van der Waals surface area (Å²) in [5.41, 5.74) is 3.09. The predicted molar refractivity (Wildman–Crippen MR) is 167 cm³/mol. The summed E-state index contributed by atoms with van der Waals surface area (Å²) in [6.07, 6.45) is 0.179. The van der Waals surface area contributed by atoms with Crippen LogP contribution in [-0.2, 0) is 32.6 Å². The zero-order valence-corrected chi connectivity index (χ0v) is 25.7. The lowest BCUT2D eigenvalue weighted by atomic mass is 10.0. The maximum atomic E-state index is 14.3. The summed E-state index contributed by atoms with van der Waals surface area (Å²) >= 11 is 6.18. The maximum Gasteiger partial charge on any atom is 0.264 e. The van der Waals surface area contributed by atoms with Crippen molar-refractivity contribution in [3.05, 3.63) is 130 Å². The van der Waals surface area contributed by atoms with Crippen LogP contribution in [0.4, 0.5) is 10.1 Å². The first kappa shape index (κ1) is 31.7. The highest BCUT2D eigenvalue weighted by atomic mass is 35.5. The van der Waals surface area contributed by atoms with Crippen LogP contribution in [0, 0.1) is 19.7 Å². The Labute approximate surface area is 257 Å². The molecule has 1 N–H and O–H groups in total. The van der Waals surface area contributed by atoms with E-state index in [2.05, 4.69) is 5.32 Å². The Bertz CT molecular complexity index is 1680. The van der Waals surface area contributed by atoms with Crippen molar-refractivity contribution in [1.82, 2.24) is 10.2 Å². The number of anilines is 1. The van der Waals surface area contributed by atoms with Gasteiger partial charge in [-0.1, -0.05) is 71.8 Å². The summed E-state index contributed by atoms with van der Waals surface area (Å²) < 4.78 is 43.0. The minimum absolute atomic E-state index is 0.0115. The van der Waals surface area contributed by atoms with Crippen LogP contribution in [0.3, 0.4) is 0 Å². The Kier molecular flexibility index (Phi) is 10.2. The number of nitrogens with one attached hydrogen (secondary N) is 1. The van der Waals surface area contributed by atoms with Crippen LogP contribution in [0.2, 0.25) is 5.02 Å². The maximum absolute atomic E-state index is 14.3. The van der Waals surface area contributed by atoms with Gasteiger partial charge >= 0.3 is 0 Å². The molecule has 0 radical (unpaired) electrons. The molecule has 0 fully saturated rings. The Morgan fingerprint density at radius 3 is 2.14 bits per heavy atom. The van der Waals surface area contributed by atoms with Gasteiger partial charge < -0.3 is 10.2 Å². The highest BCUT2D eigenvalue weighted by Crippen LogP contribution is 2.30. The van der Waals surface area contributed by atoms with Gasteiger partial charge in [-0.2, -0.15) is 0 Å². The summed E-state index contributed by atoms with van der Waals surface area (Å²) in [7, 11) is -2.75. The molecular formula is C33H33ClFN3O4S. The molecule has 0 aliphatic rings. The standard InChI is InChI=1S/C33H33ClFN3O4S/c1-23-9-16-29(17-10-23)43(41,42)38(30-18-13-27(34)19-24(30)2)22-32(39)37(21-26-11-14-28(35)15-12-26)31(33(40)36-3)20-25-7-5-4-6-8-25/h4-19,31H,20-22H2,1-3H3,(H,36,40)/t31-/m0/s1. The normalized spacial score (nSPS) is 11.9. The average Bonchev–Trinajstić information content (AvgIpc) is 2.99. The summed E-state index contributed by atoms with van der Waals surface area (Å²) in [5, 5.41) is 3.06. The van der Waals surface area contributed by atoms with Crippen molar-refractivity contribution in [1.29, 1.82) is 0 Å². The van der Waals surface area contributed by atoms with E-state index in [1.54, 1.807) is 37.3 Å². The van der Waals surface area contributed by atoms with Gasteiger partial charge in [0.15, 0.2) is 0 Å². The minimum Gasteiger partial charge on any atom is -0.357 e. The molecule has 0 saturated carbocycles. The van der Waals surface area contributed by atoms with Gasteiger partial charge in [-0.05, 0) is 73.0 Å². The number of hydrogen-bond donors (Lipinski definition) is 1. The molecule has 0 aliphatic carbocycles. The molecule has 1 atom stereocenters. The first-order valence-electron chi connectivity index (χ1n) is 13.6. The lowest BCUT2D eigenvalue weighted by Gasteiger charge is -2.34. The second kappa shape index (κ2) is 13.8. The zero-order chi connectivity index (χ0) is 31.1. The first-order valence-corrected chi connectivity index (χ1v) is 15.5. The number of nitrogens with zero attached hydrogens (tertiary/aromatic N) is 2. The van der Waals surface area contributed by atoms with E-state index in [-0.39, 0.29) is 23.5 Å². The van der Waals surface area contributed by atoms with Crippen LogP contribution < -0.4 is 9.62 Å². The van der Waals surface area contributed by atoms with Crippen LogP contribution in [-0.4, -0.2) is 44.8 Å². The third-order valence-corrected chi connectivity index (χ3v) is 9.11. The third kappa shape index (κ3) is 7.80. The minimum atomic E-state index is -4.23. The van der Waals surface area contributed by atoms with Crippen molar-refractivity contribution in [3.63, 3.8) is 0 Å². The number of benzene rings is 4. The van der Waals surface area contributed by atoms with Crippen LogP contribution in [0.1, 0.15) is 22.3 Å². The van der Waals surface area contributed by atoms with Crippen LogP contribution >= 0.6 is 11.6 Å². The highest BCUT2D eigenvalue weighted by molar-refractivity contribution is 7.92. The number of rotatable bonds is 11. The van der Waals surface area contributed by atoms with Gasteiger partial charge in [0, 0.05) is 25.0 Å². The fourth-order valence-corrected chi connectivity index (χ4v) is 6.46. The second-order valence-electron chi connectivity index (χ2n) is 10.2. The van der Waals surface area contributed by atoms with E-state index in [0.717, 1.165) is 15.4 Å². The molecule has 0 bridgehead atoms. The molecule has 4 aromatic rings. The average molecular weight is 622 g/mol. The van der Waals surface area contributed by atoms with E-state index in [0.29, 0.717) is 16.1 Å². The Balaban J connectivity index is 1.81. The van der Waals surface area contributed by atoms with Crippen molar-refractivity contribution in [3.8, 4) is 0 Å². The van der Waals surface area contributed by atoms with Crippen molar-refractivity contribution in [2.24, 2.45) is 0 Å². The number of carbonyl (C=O) groups excluding carboxylic acids is 2. The topological polar surface area (TPSA) is 86.8 Å². The fraction of sp³-hybridized carbons (Fsp3) is 0.212. The first-order chi connectivity index (χ1) is 20.5. The fourth-order valence-electron chi connectivity index (χ4n) is 4.76. The third-order valence-electron chi connectivity index (χ3n) is 7.10. The van der Waals surface area contributed by atoms with E-state index >= 15 is 0 Å². The number of sulfonamides is 1. The van der Waals surface area contributed by atoms with E-state index in [1.165, 1.54) is 48.3 Å². The lowest BCUT2D eigenvalue weighted by Crippen LogP contribution is -2.53. The largest absolute Gasteiger partial charge is 0.357 e. The molecule has 4 aromatic carbocycles. The smallest absolute Gasteiger partial charge is 0.264 e. The van der Waals surface area contributed by atoms with Crippen LogP contribution in [0.5, 0.6) is 0 Å². The molecule has 7 nitrogen and oxygen atoms in total. The van der Waals surface area contributed by atoms with Gasteiger partial charge in [0.2, 0.25) is 11.8 Å². The molecule has 0 spiro atoms. The van der Waals surface area contributed by atoms with Gasteiger partial charge in [0.1, 0.15) is 18.4 Å². The van der Waals surface area contributed by atoms with Gasteiger partial charge in [-0.15, -0.1) is 0 Å². The highest BCUT2D eigenvalue weighted by Gasteiger charge is 2.34. The van der Waals surface area contributed by atoms with Crippen molar-refractivity contribution in [2.45, 2.75) is 37.8 Å². The number of halogens is 2. The van der Waals surface area contributed by atoms with Gasteiger partial charge in [-0.3, -0.25) is 13.9 Å².